The van der Waals surface area contributed by atoms with Crippen molar-refractivity contribution < 1.29 is 22.4 Å². The normalized spacial score (nSPS) is 12.6. The van der Waals surface area contributed by atoms with Crippen LogP contribution in [0.3, 0.4) is 0 Å². The Morgan fingerprint density at radius 2 is 1.38 bits per heavy atom. The van der Waals surface area contributed by atoms with Gasteiger partial charge < -0.3 is 10.2 Å². The van der Waals surface area contributed by atoms with Gasteiger partial charge in [0, 0.05) is 32.6 Å². The summed E-state index contributed by atoms with van der Waals surface area (Å²) in [5, 5.41) is 2.97. The quantitative estimate of drug-likeness (QED) is 0.379. The smallest absolute Gasteiger partial charge is 0.304 e. The number of carbonyl (C=O) groups is 2. The number of para-hydroxylation sites is 1. The Hall–Kier alpha value is -3.76. The van der Waals surface area contributed by atoms with Crippen LogP contribution in [0.4, 0.5) is 10.1 Å². The number of hydrogen-bond donors (Lipinski definition) is 1. The number of hydrogen-bond acceptors (Lipinski definition) is 4. The molecule has 10 heteroatoms. The van der Waals surface area contributed by atoms with E-state index in [9.17, 15) is 22.4 Å². The number of carbonyl (C=O) groups excluding carboxylic acids is 2. The molecule has 3 aromatic rings. The molecule has 3 aromatic carbocycles. The second kappa shape index (κ2) is 13.1. The van der Waals surface area contributed by atoms with Gasteiger partial charge in [0.25, 0.3) is 0 Å². The first-order chi connectivity index (χ1) is 18.8. The molecular formula is C30H37FN4O4S. The van der Waals surface area contributed by atoms with Crippen LogP contribution in [0.1, 0.15) is 31.9 Å². The second-order valence-electron chi connectivity index (χ2n) is 10.7. The molecule has 2 amide bonds. The summed E-state index contributed by atoms with van der Waals surface area (Å²) >= 11 is 0. The van der Waals surface area contributed by atoms with Crippen LogP contribution in [0.2, 0.25) is 0 Å². The van der Waals surface area contributed by atoms with E-state index in [0.717, 1.165) is 25.8 Å². The third-order valence-corrected chi connectivity index (χ3v) is 7.91. The van der Waals surface area contributed by atoms with Crippen LogP contribution in [0.25, 0.3) is 0 Å². The lowest BCUT2D eigenvalue weighted by Gasteiger charge is -2.35. The van der Waals surface area contributed by atoms with Crippen molar-refractivity contribution in [1.82, 2.24) is 14.5 Å². The van der Waals surface area contributed by atoms with Gasteiger partial charge in [-0.25, -0.2) is 8.70 Å². The maximum atomic E-state index is 14.9. The zero-order valence-corrected chi connectivity index (χ0v) is 24.4. The lowest BCUT2D eigenvalue weighted by Crippen LogP contribution is -2.56. The molecule has 1 N–H and O–H groups in total. The van der Waals surface area contributed by atoms with Gasteiger partial charge in [0.1, 0.15) is 18.4 Å². The van der Waals surface area contributed by atoms with E-state index in [4.69, 9.17) is 0 Å². The average Bonchev–Trinajstić information content (AvgIpc) is 2.89. The molecule has 0 aliphatic carbocycles. The third kappa shape index (κ3) is 8.12. The molecule has 0 bridgehead atoms. The van der Waals surface area contributed by atoms with Crippen molar-refractivity contribution in [2.75, 3.05) is 24.9 Å². The molecule has 0 aromatic heterocycles. The summed E-state index contributed by atoms with van der Waals surface area (Å²) in [5.74, 6) is -1.82. The molecule has 0 heterocycles. The van der Waals surface area contributed by atoms with Crippen molar-refractivity contribution in [2.45, 2.75) is 45.3 Å². The highest BCUT2D eigenvalue weighted by molar-refractivity contribution is 7.90. The molecule has 1 unspecified atom stereocenters. The summed E-state index contributed by atoms with van der Waals surface area (Å²) in [6.45, 7) is 4.87. The van der Waals surface area contributed by atoms with E-state index in [2.05, 4.69) is 5.32 Å². The summed E-state index contributed by atoms with van der Waals surface area (Å²) < 4.78 is 43.2. The molecule has 0 spiro atoms. The number of nitrogens with one attached hydrogen (secondary N) is 1. The standard InChI is InChI=1S/C30H37FN4O4S/c1-30(2,3)32-29(37)27(20-23-14-8-6-9-15-23)34(21-24-16-10-7-11-17-24)28(36)22-35(40(38,39)33(4)5)26-19-13-12-18-25(26)31/h6-19,27H,20-22H2,1-5H3,(H,32,37). The topological polar surface area (TPSA) is 90.0 Å². The largest absolute Gasteiger partial charge is 0.350 e. The highest BCUT2D eigenvalue weighted by Gasteiger charge is 2.36. The first kappa shape index (κ1) is 30.8. The number of halogens is 1. The van der Waals surface area contributed by atoms with Gasteiger partial charge in [-0.3, -0.25) is 9.59 Å². The Morgan fingerprint density at radius 3 is 1.90 bits per heavy atom. The summed E-state index contributed by atoms with van der Waals surface area (Å²) in [5.41, 5.74) is 0.739. The fourth-order valence-electron chi connectivity index (χ4n) is 4.14. The van der Waals surface area contributed by atoms with Gasteiger partial charge in [0.15, 0.2) is 0 Å². The number of amides is 2. The molecule has 0 fully saturated rings. The molecule has 8 nitrogen and oxygen atoms in total. The molecule has 1 atom stereocenters. The summed E-state index contributed by atoms with van der Waals surface area (Å²) in [7, 11) is -1.65. The summed E-state index contributed by atoms with van der Waals surface area (Å²) in [6.07, 6.45) is 0.196. The van der Waals surface area contributed by atoms with Crippen LogP contribution in [0, 0.1) is 5.82 Å². The molecule has 0 saturated carbocycles. The summed E-state index contributed by atoms with van der Waals surface area (Å²) in [6, 6.07) is 22.8. The molecule has 0 radical (unpaired) electrons. The molecular weight excluding hydrogens is 531 g/mol. The van der Waals surface area contributed by atoms with Gasteiger partial charge in [-0.2, -0.15) is 12.7 Å². The van der Waals surface area contributed by atoms with Crippen molar-refractivity contribution in [3.05, 3.63) is 102 Å². The predicted octanol–water partition coefficient (Wildman–Crippen LogP) is 3.99. The number of rotatable bonds is 11. The Balaban J connectivity index is 2.10. The molecule has 0 aliphatic heterocycles. The molecule has 214 valence electrons. The molecule has 0 aliphatic rings. The fraction of sp³-hybridized carbons (Fsp3) is 0.333. The highest BCUT2D eigenvalue weighted by atomic mass is 32.2. The van der Waals surface area contributed by atoms with E-state index in [0.29, 0.717) is 0 Å². The monoisotopic (exact) mass is 568 g/mol. The van der Waals surface area contributed by atoms with Crippen LogP contribution in [-0.2, 0) is 32.8 Å². The van der Waals surface area contributed by atoms with E-state index >= 15 is 0 Å². The van der Waals surface area contributed by atoms with Crippen LogP contribution >= 0.6 is 0 Å². The zero-order valence-electron chi connectivity index (χ0n) is 23.5. The first-order valence-electron chi connectivity index (χ1n) is 12.9. The Bertz CT molecular complexity index is 1390. The second-order valence-corrected chi connectivity index (χ2v) is 12.8. The van der Waals surface area contributed by atoms with Crippen molar-refractivity contribution in [1.29, 1.82) is 0 Å². The van der Waals surface area contributed by atoms with Gasteiger partial charge >= 0.3 is 10.2 Å². The van der Waals surface area contributed by atoms with E-state index in [1.54, 1.807) is 0 Å². The lowest BCUT2D eigenvalue weighted by atomic mass is 10.0. The lowest BCUT2D eigenvalue weighted by molar-refractivity contribution is -0.140. The van der Waals surface area contributed by atoms with Gasteiger partial charge in [0.2, 0.25) is 11.8 Å². The van der Waals surface area contributed by atoms with Crippen LogP contribution < -0.4 is 9.62 Å². The summed E-state index contributed by atoms with van der Waals surface area (Å²) in [4.78, 5) is 29.2. The van der Waals surface area contributed by atoms with Gasteiger partial charge in [0.05, 0.1) is 5.69 Å². The minimum absolute atomic E-state index is 0.0435. The fourth-order valence-corrected chi connectivity index (χ4v) is 5.21. The minimum Gasteiger partial charge on any atom is -0.350 e. The van der Waals surface area contributed by atoms with Crippen LogP contribution in [0.5, 0.6) is 0 Å². The minimum atomic E-state index is -4.27. The maximum absolute atomic E-state index is 14.9. The van der Waals surface area contributed by atoms with Gasteiger partial charge in [-0.05, 0) is 44.0 Å². The Morgan fingerprint density at radius 1 is 0.850 bits per heavy atom. The zero-order chi connectivity index (χ0) is 29.5. The SMILES string of the molecule is CN(C)S(=O)(=O)N(CC(=O)N(Cc1ccccc1)C(Cc1ccccc1)C(=O)NC(C)(C)C)c1ccccc1F. The van der Waals surface area contributed by atoms with Gasteiger partial charge in [-0.1, -0.05) is 72.8 Å². The van der Waals surface area contributed by atoms with Crippen molar-refractivity contribution in [2.24, 2.45) is 0 Å². The molecule has 3 rings (SSSR count). The number of anilines is 1. The Kier molecular flexibility index (Phi) is 10.1. The van der Waals surface area contributed by atoms with E-state index < -0.39 is 40.1 Å². The first-order valence-corrected chi connectivity index (χ1v) is 14.3. The molecule has 40 heavy (non-hydrogen) atoms. The number of nitrogens with zero attached hydrogens (tertiary/aromatic N) is 3. The third-order valence-electron chi connectivity index (χ3n) is 6.10. The molecule has 0 saturated heterocycles. The highest BCUT2D eigenvalue weighted by Crippen LogP contribution is 2.24. The van der Waals surface area contributed by atoms with Gasteiger partial charge in [-0.15, -0.1) is 0 Å². The van der Waals surface area contributed by atoms with E-state index in [-0.39, 0.29) is 24.6 Å². The van der Waals surface area contributed by atoms with E-state index in [1.807, 2.05) is 81.4 Å². The average molecular weight is 569 g/mol. The number of benzene rings is 3. The van der Waals surface area contributed by atoms with Crippen molar-refractivity contribution in [3.63, 3.8) is 0 Å². The Labute approximate surface area is 236 Å². The van der Waals surface area contributed by atoms with Crippen molar-refractivity contribution >= 4 is 27.7 Å². The maximum Gasteiger partial charge on any atom is 0.304 e. The van der Waals surface area contributed by atoms with E-state index in [1.165, 1.54) is 37.2 Å². The van der Waals surface area contributed by atoms with Crippen LogP contribution in [-0.4, -0.2) is 61.7 Å². The van der Waals surface area contributed by atoms with Crippen molar-refractivity contribution in [3.8, 4) is 0 Å². The predicted molar refractivity (Wildman–Crippen MR) is 155 cm³/mol. The van der Waals surface area contributed by atoms with Crippen LogP contribution in [0.15, 0.2) is 84.9 Å².